The molecule has 3 N–H and O–H groups in total. The number of hydrazone groups is 1. The van der Waals surface area contributed by atoms with Crippen molar-refractivity contribution in [2.24, 2.45) is 5.10 Å². The van der Waals surface area contributed by atoms with Crippen molar-refractivity contribution in [2.45, 2.75) is 26.3 Å². The van der Waals surface area contributed by atoms with E-state index in [4.69, 9.17) is 27.9 Å². The molecule has 0 radical (unpaired) electrons. The first-order chi connectivity index (χ1) is 14.8. The van der Waals surface area contributed by atoms with E-state index in [0.29, 0.717) is 28.4 Å². The molecule has 0 aliphatic heterocycles. The Morgan fingerprint density at radius 1 is 1.13 bits per heavy atom. The molecule has 8 nitrogen and oxygen atoms in total. The Labute approximate surface area is 189 Å². The molecule has 0 heterocycles. The van der Waals surface area contributed by atoms with E-state index in [2.05, 4.69) is 21.2 Å². The predicted molar refractivity (Wildman–Crippen MR) is 121 cm³/mol. The van der Waals surface area contributed by atoms with E-state index >= 15 is 0 Å². The van der Waals surface area contributed by atoms with E-state index in [1.165, 1.54) is 6.21 Å². The standard InChI is InChI=1S/C21H22Cl2N4O4/c1-3-13(2)25-20(29)21(30)27-24-11-14-6-4-7-15(10-14)31-12-18(28)26-17-9-5-8-16(22)19(17)23/h4-11,13H,3,12H2,1-2H3,(H,25,29)(H,26,28)(H,27,30)/b24-11-/t13-/m0/s1. The third kappa shape index (κ3) is 7.92. The summed E-state index contributed by atoms with van der Waals surface area (Å²) in [5.41, 5.74) is 3.14. The second-order valence-electron chi connectivity index (χ2n) is 6.49. The molecule has 2 rings (SSSR count). The number of anilines is 1. The minimum absolute atomic E-state index is 0.108. The summed E-state index contributed by atoms with van der Waals surface area (Å²) in [4.78, 5) is 35.5. The van der Waals surface area contributed by atoms with Crippen LogP contribution in [0.25, 0.3) is 0 Å². The summed E-state index contributed by atoms with van der Waals surface area (Å²) in [6.45, 7) is 3.44. The molecule has 0 bridgehead atoms. The van der Waals surface area contributed by atoms with Crippen molar-refractivity contribution in [1.82, 2.24) is 10.7 Å². The molecule has 2 aromatic rings. The zero-order chi connectivity index (χ0) is 22.8. The van der Waals surface area contributed by atoms with Crippen LogP contribution in [0.15, 0.2) is 47.6 Å². The number of benzene rings is 2. The van der Waals surface area contributed by atoms with Crippen LogP contribution in [0.5, 0.6) is 5.75 Å². The Balaban J connectivity index is 1.86. The zero-order valence-corrected chi connectivity index (χ0v) is 18.5. The summed E-state index contributed by atoms with van der Waals surface area (Å²) in [7, 11) is 0. The molecule has 0 aromatic heterocycles. The highest BCUT2D eigenvalue weighted by atomic mass is 35.5. The van der Waals surface area contributed by atoms with Crippen molar-refractivity contribution in [3.63, 3.8) is 0 Å². The molecule has 0 spiro atoms. The maximum Gasteiger partial charge on any atom is 0.329 e. The number of ether oxygens (including phenoxy) is 1. The molecule has 0 aliphatic rings. The number of hydrogen-bond donors (Lipinski definition) is 3. The maximum atomic E-state index is 12.1. The summed E-state index contributed by atoms with van der Waals surface area (Å²) in [6, 6.07) is 11.5. The topological polar surface area (TPSA) is 109 Å². The van der Waals surface area contributed by atoms with Crippen LogP contribution < -0.4 is 20.8 Å². The maximum absolute atomic E-state index is 12.1. The van der Waals surface area contributed by atoms with Gasteiger partial charge in [-0.05, 0) is 43.2 Å². The van der Waals surface area contributed by atoms with E-state index in [1.807, 2.05) is 6.92 Å². The lowest BCUT2D eigenvalue weighted by atomic mass is 10.2. The molecule has 0 aliphatic carbocycles. The molecule has 0 saturated heterocycles. The first-order valence-corrected chi connectivity index (χ1v) is 10.2. The average molecular weight is 465 g/mol. The second-order valence-corrected chi connectivity index (χ2v) is 7.28. The van der Waals surface area contributed by atoms with Crippen LogP contribution in [0, 0.1) is 0 Å². The number of carbonyl (C=O) groups excluding carboxylic acids is 3. The van der Waals surface area contributed by atoms with Crippen LogP contribution in [0.4, 0.5) is 5.69 Å². The molecule has 0 saturated carbocycles. The first kappa shape index (κ1) is 24.2. The Kier molecular flexibility index (Phi) is 9.30. The smallest absolute Gasteiger partial charge is 0.329 e. The monoisotopic (exact) mass is 464 g/mol. The minimum Gasteiger partial charge on any atom is -0.484 e. The lowest BCUT2D eigenvalue weighted by molar-refractivity contribution is -0.139. The van der Waals surface area contributed by atoms with Crippen LogP contribution in [0.1, 0.15) is 25.8 Å². The van der Waals surface area contributed by atoms with Gasteiger partial charge < -0.3 is 15.4 Å². The number of amides is 3. The van der Waals surface area contributed by atoms with Gasteiger partial charge in [-0.3, -0.25) is 14.4 Å². The van der Waals surface area contributed by atoms with Gasteiger partial charge in [0.1, 0.15) is 5.75 Å². The predicted octanol–water partition coefficient (Wildman–Crippen LogP) is 3.38. The molecule has 31 heavy (non-hydrogen) atoms. The summed E-state index contributed by atoms with van der Waals surface area (Å²) in [6.07, 6.45) is 2.06. The van der Waals surface area contributed by atoms with Crippen molar-refractivity contribution in [1.29, 1.82) is 0 Å². The zero-order valence-electron chi connectivity index (χ0n) is 16.9. The van der Waals surface area contributed by atoms with Crippen LogP contribution in [0.3, 0.4) is 0 Å². The fourth-order valence-corrected chi connectivity index (χ4v) is 2.58. The fourth-order valence-electron chi connectivity index (χ4n) is 2.23. The second kappa shape index (κ2) is 11.9. The number of halogens is 2. The highest BCUT2D eigenvalue weighted by molar-refractivity contribution is 6.44. The number of hydrogen-bond acceptors (Lipinski definition) is 5. The van der Waals surface area contributed by atoms with Gasteiger partial charge in [-0.15, -0.1) is 0 Å². The Morgan fingerprint density at radius 3 is 2.61 bits per heavy atom. The van der Waals surface area contributed by atoms with Gasteiger partial charge in [0.25, 0.3) is 5.91 Å². The third-order valence-corrected chi connectivity index (χ3v) is 4.85. The highest BCUT2D eigenvalue weighted by Crippen LogP contribution is 2.29. The van der Waals surface area contributed by atoms with E-state index in [9.17, 15) is 14.4 Å². The molecule has 0 fully saturated rings. The first-order valence-electron chi connectivity index (χ1n) is 9.40. The van der Waals surface area contributed by atoms with Crippen LogP contribution in [-0.2, 0) is 14.4 Å². The van der Waals surface area contributed by atoms with E-state index in [0.717, 1.165) is 0 Å². The number of nitrogens with zero attached hydrogens (tertiary/aromatic N) is 1. The van der Waals surface area contributed by atoms with Crippen LogP contribution in [-0.4, -0.2) is 36.6 Å². The normalized spacial score (nSPS) is 11.6. The summed E-state index contributed by atoms with van der Waals surface area (Å²) in [5, 5.41) is 9.49. The minimum atomic E-state index is -0.861. The molecular weight excluding hydrogens is 443 g/mol. The van der Waals surface area contributed by atoms with Crippen molar-refractivity contribution in [2.75, 3.05) is 11.9 Å². The van der Waals surface area contributed by atoms with Gasteiger partial charge in [0.15, 0.2) is 6.61 Å². The molecule has 2 aromatic carbocycles. The summed E-state index contributed by atoms with van der Waals surface area (Å²) < 4.78 is 5.47. The third-order valence-electron chi connectivity index (χ3n) is 4.03. The van der Waals surface area contributed by atoms with Gasteiger partial charge in [-0.25, -0.2) is 5.43 Å². The van der Waals surface area contributed by atoms with Crippen molar-refractivity contribution >= 4 is 52.8 Å². The quantitative estimate of drug-likeness (QED) is 0.316. The molecule has 1 atom stereocenters. The van der Waals surface area contributed by atoms with E-state index in [-0.39, 0.29) is 17.7 Å². The van der Waals surface area contributed by atoms with Gasteiger partial charge >= 0.3 is 11.8 Å². The fraction of sp³-hybridized carbons (Fsp3) is 0.238. The van der Waals surface area contributed by atoms with Crippen LogP contribution >= 0.6 is 23.2 Å². The van der Waals surface area contributed by atoms with Gasteiger partial charge in [0.2, 0.25) is 0 Å². The lowest BCUT2D eigenvalue weighted by Gasteiger charge is -2.10. The van der Waals surface area contributed by atoms with E-state index < -0.39 is 17.7 Å². The van der Waals surface area contributed by atoms with Crippen LogP contribution in [0.2, 0.25) is 10.0 Å². The Bertz CT molecular complexity index is 982. The van der Waals surface area contributed by atoms with Crippen molar-refractivity contribution in [3.05, 3.63) is 58.1 Å². The SMILES string of the molecule is CC[C@H](C)NC(=O)C(=O)N/N=C\c1cccc(OCC(=O)Nc2cccc(Cl)c2Cl)c1. The number of rotatable bonds is 8. The molecule has 164 valence electrons. The summed E-state index contributed by atoms with van der Waals surface area (Å²) in [5.74, 6) is -1.62. The van der Waals surface area contributed by atoms with Crippen molar-refractivity contribution < 1.29 is 19.1 Å². The lowest BCUT2D eigenvalue weighted by Crippen LogP contribution is -2.41. The Hall–Kier alpha value is -3.10. The Morgan fingerprint density at radius 2 is 1.87 bits per heavy atom. The molecule has 3 amide bonds. The highest BCUT2D eigenvalue weighted by Gasteiger charge is 2.14. The molecule has 0 unspecified atom stereocenters. The average Bonchev–Trinajstić information content (AvgIpc) is 2.75. The van der Waals surface area contributed by atoms with Gasteiger partial charge in [-0.2, -0.15) is 5.10 Å². The molecule has 10 heteroatoms. The number of carbonyl (C=O) groups is 3. The van der Waals surface area contributed by atoms with Crippen molar-refractivity contribution in [3.8, 4) is 5.75 Å². The van der Waals surface area contributed by atoms with E-state index in [1.54, 1.807) is 49.4 Å². The summed E-state index contributed by atoms with van der Waals surface area (Å²) >= 11 is 12.0. The van der Waals surface area contributed by atoms with Gasteiger partial charge in [0.05, 0.1) is 21.9 Å². The van der Waals surface area contributed by atoms with Gasteiger partial charge in [0, 0.05) is 6.04 Å². The largest absolute Gasteiger partial charge is 0.484 e. The number of nitrogens with one attached hydrogen (secondary N) is 3. The van der Waals surface area contributed by atoms with Gasteiger partial charge in [-0.1, -0.05) is 48.3 Å². The molecular formula is C21H22Cl2N4O4.